The SMILES string of the molecule is O=C(NCCN1CCNCC1)C1(c2ccccc2)CCCC1. The summed E-state index contributed by atoms with van der Waals surface area (Å²) in [5.74, 6) is 0.228. The number of benzene rings is 1. The third-order valence-corrected chi connectivity index (χ3v) is 5.14. The lowest BCUT2D eigenvalue weighted by Gasteiger charge is -2.30. The first kappa shape index (κ1) is 15.5. The van der Waals surface area contributed by atoms with Crippen molar-refractivity contribution >= 4 is 5.91 Å². The van der Waals surface area contributed by atoms with Crippen molar-refractivity contribution in [2.24, 2.45) is 0 Å². The molecule has 2 aliphatic rings. The summed E-state index contributed by atoms with van der Waals surface area (Å²) in [6, 6.07) is 10.3. The van der Waals surface area contributed by atoms with E-state index in [1.807, 2.05) is 18.2 Å². The Morgan fingerprint density at radius 3 is 2.50 bits per heavy atom. The van der Waals surface area contributed by atoms with Crippen molar-refractivity contribution in [3.05, 3.63) is 35.9 Å². The van der Waals surface area contributed by atoms with Gasteiger partial charge in [0.05, 0.1) is 5.41 Å². The van der Waals surface area contributed by atoms with Crippen molar-refractivity contribution in [3.8, 4) is 0 Å². The fourth-order valence-electron chi connectivity index (χ4n) is 3.81. The number of hydrogen-bond acceptors (Lipinski definition) is 3. The maximum absolute atomic E-state index is 12.9. The second kappa shape index (κ2) is 7.25. The largest absolute Gasteiger partial charge is 0.354 e. The molecule has 1 aromatic rings. The Bertz CT molecular complexity index is 476. The Hall–Kier alpha value is -1.39. The lowest BCUT2D eigenvalue weighted by atomic mass is 9.78. The molecule has 1 saturated carbocycles. The van der Waals surface area contributed by atoms with Crippen LogP contribution in [-0.4, -0.2) is 50.1 Å². The van der Waals surface area contributed by atoms with E-state index in [1.54, 1.807) is 0 Å². The molecule has 2 fully saturated rings. The molecule has 2 N–H and O–H groups in total. The highest BCUT2D eigenvalue weighted by atomic mass is 16.2. The van der Waals surface area contributed by atoms with Crippen molar-refractivity contribution in [2.75, 3.05) is 39.3 Å². The number of carbonyl (C=O) groups is 1. The van der Waals surface area contributed by atoms with Crippen LogP contribution in [0.25, 0.3) is 0 Å². The van der Waals surface area contributed by atoms with Gasteiger partial charge in [-0.05, 0) is 18.4 Å². The summed E-state index contributed by atoms with van der Waals surface area (Å²) in [6.07, 6.45) is 4.27. The molecular formula is C18H27N3O. The zero-order valence-electron chi connectivity index (χ0n) is 13.3. The van der Waals surface area contributed by atoms with E-state index in [0.717, 1.165) is 65.0 Å². The standard InChI is InChI=1S/C18H27N3O/c22-17(20-12-15-21-13-10-19-11-14-21)18(8-4-5-9-18)16-6-2-1-3-7-16/h1-3,6-7,19H,4-5,8-15H2,(H,20,22). The zero-order valence-corrected chi connectivity index (χ0v) is 13.3. The maximum atomic E-state index is 12.9. The van der Waals surface area contributed by atoms with Gasteiger partial charge < -0.3 is 10.6 Å². The molecule has 0 radical (unpaired) electrons. The van der Waals surface area contributed by atoms with Gasteiger partial charge in [0.2, 0.25) is 5.91 Å². The van der Waals surface area contributed by atoms with Crippen LogP contribution in [0.5, 0.6) is 0 Å². The van der Waals surface area contributed by atoms with Gasteiger partial charge in [-0.3, -0.25) is 9.69 Å². The summed E-state index contributed by atoms with van der Waals surface area (Å²) >= 11 is 0. The fraction of sp³-hybridized carbons (Fsp3) is 0.611. The number of carbonyl (C=O) groups excluding carboxylic acids is 1. The summed E-state index contributed by atoms with van der Waals surface area (Å²) in [6.45, 7) is 5.99. The van der Waals surface area contributed by atoms with Gasteiger partial charge >= 0.3 is 0 Å². The lowest BCUT2D eigenvalue weighted by molar-refractivity contribution is -0.126. The summed E-state index contributed by atoms with van der Waals surface area (Å²) in [5, 5.41) is 6.57. The Labute approximate surface area is 133 Å². The zero-order chi connectivity index (χ0) is 15.3. The molecule has 0 bridgehead atoms. The van der Waals surface area contributed by atoms with Gasteiger partial charge in [0.25, 0.3) is 0 Å². The van der Waals surface area contributed by atoms with E-state index >= 15 is 0 Å². The summed E-state index contributed by atoms with van der Waals surface area (Å²) in [4.78, 5) is 15.3. The Kier molecular flexibility index (Phi) is 5.11. The van der Waals surface area contributed by atoms with Crippen molar-refractivity contribution in [2.45, 2.75) is 31.1 Å². The molecule has 1 aromatic carbocycles. The molecule has 22 heavy (non-hydrogen) atoms. The molecule has 4 heteroatoms. The molecule has 1 aliphatic heterocycles. The van der Waals surface area contributed by atoms with Gasteiger partial charge in [-0.15, -0.1) is 0 Å². The van der Waals surface area contributed by atoms with Gasteiger partial charge in [-0.25, -0.2) is 0 Å². The predicted octanol–water partition coefficient (Wildman–Crippen LogP) is 1.52. The topological polar surface area (TPSA) is 44.4 Å². The number of piperazine rings is 1. The van der Waals surface area contributed by atoms with Crippen molar-refractivity contribution < 1.29 is 4.79 Å². The van der Waals surface area contributed by atoms with Crippen molar-refractivity contribution in [1.29, 1.82) is 0 Å². The monoisotopic (exact) mass is 301 g/mol. The third-order valence-electron chi connectivity index (χ3n) is 5.14. The van der Waals surface area contributed by atoms with E-state index in [4.69, 9.17) is 0 Å². The normalized spacial score (nSPS) is 21.6. The van der Waals surface area contributed by atoms with Crippen molar-refractivity contribution in [3.63, 3.8) is 0 Å². The van der Waals surface area contributed by atoms with Gasteiger partial charge in [0.15, 0.2) is 0 Å². The molecule has 4 nitrogen and oxygen atoms in total. The first-order valence-electron chi connectivity index (χ1n) is 8.58. The van der Waals surface area contributed by atoms with Crippen LogP contribution in [0, 0.1) is 0 Å². The number of hydrogen-bond donors (Lipinski definition) is 2. The van der Waals surface area contributed by atoms with Gasteiger partial charge in [-0.1, -0.05) is 43.2 Å². The quantitative estimate of drug-likeness (QED) is 0.867. The Morgan fingerprint density at radius 2 is 1.82 bits per heavy atom. The van der Waals surface area contributed by atoms with E-state index in [1.165, 1.54) is 5.56 Å². The van der Waals surface area contributed by atoms with Crippen LogP contribution in [0.15, 0.2) is 30.3 Å². The molecule has 0 atom stereocenters. The van der Waals surface area contributed by atoms with E-state index in [2.05, 4.69) is 27.7 Å². The first-order valence-corrected chi connectivity index (χ1v) is 8.58. The highest BCUT2D eigenvalue weighted by Crippen LogP contribution is 2.41. The van der Waals surface area contributed by atoms with E-state index in [-0.39, 0.29) is 11.3 Å². The fourth-order valence-corrected chi connectivity index (χ4v) is 3.81. The van der Waals surface area contributed by atoms with Crippen LogP contribution in [0.3, 0.4) is 0 Å². The maximum Gasteiger partial charge on any atom is 0.230 e. The third kappa shape index (κ3) is 3.33. The second-order valence-corrected chi connectivity index (χ2v) is 6.50. The summed E-state index contributed by atoms with van der Waals surface area (Å²) in [7, 11) is 0. The van der Waals surface area contributed by atoms with Gasteiger partial charge in [0.1, 0.15) is 0 Å². The summed E-state index contributed by atoms with van der Waals surface area (Å²) in [5.41, 5.74) is 0.900. The van der Waals surface area contributed by atoms with Gasteiger partial charge in [-0.2, -0.15) is 0 Å². The smallest absolute Gasteiger partial charge is 0.230 e. The molecule has 1 amide bonds. The first-order chi connectivity index (χ1) is 10.8. The number of amides is 1. The number of rotatable bonds is 5. The lowest BCUT2D eigenvalue weighted by Crippen LogP contribution is -2.48. The minimum atomic E-state index is -0.287. The molecule has 0 aromatic heterocycles. The minimum Gasteiger partial charge on any atom is -0.354 e. The highest BCUT2D eigenvalue weighted by molar-refractivity contribution is 5.88. The summed E-state index contributed by atoms with van der Waals surface area (Å²) < 4.78 is 0. The minimum absolute atomic E-state index is 0.228. The van der Waals surface area contributed by atoms with Crippen molar-refractivity contribution in [1.82, 2.24) is 15.5 Å². The molecule has 0 unspecified atom stereocenters. The average molecular weight is 301 g/mol. The molecule has 3 rings (SSSR count). The number of nitrogens with one attached hydrogen (secondary N) is 2. The van der Waals surface area contributed by atoms with E-state index in [0.29, 0.717) is 0 Å². The highest BCUT2D eigenvalue weighted by Gasteiger charge is 2.42. The van der Waals surface area contributed by atoms with Crippen LogP contribution in [0.2, 0.25) is 0 Å². The van der Waals surface area contributed by atoms with Crippen LogP contribution >= 0.6 is 0 Å². The Balaban J connectivity index is 1.59. The average Bonchev–Trinajstić information content (AvgIpc) is 3.08. The second-order valence-electron chi connectivity index (χ2n) is 6.50. The number of nitrogens with zero attached hydrogens (tertiary/aromatic N) is 1. The van der Waals surface area contributed by atoms with E-state index in [9.17, 15) is 4.79 Å². The molecule has 1 heterocycles. The van der Waals surface area contributed by atoms with Crippen LogP contribution in [-0.2, 0) is 10.2 Å². The predicted molar refractivity (Wildman–Crippen MR) is 88.9 cm³/mol. The molecule has 1 saturated heterocycles. The van der Waals surface area contributed by atoms with Crippen LogP contribution < -0.4 is 10.6 Å². The molecular weight excluding hydrogens is 274 g/mol. The molecule has 120 valence electrons. The Morgan fingerprint density at radius 1 is 1.14 bits per heavy atom. The molecule has 1 aliphatic carbocycles. The molecule has 0 spiro atoms. The van der Waals surface area contributed by atoms with Gasteiger partial charge in [0, 0.05) is 39.3 Å². The van der Waals surface area contributed by atoms with E-state index < -0.39 is 0 Å². The van der Waals surface area contributed by atoms with Crippen LogP contribution in [0.4, 0.5) is 0 Å². The van der Waals surface area contributed by atoms with Crippen LogP contribution in [0.1, 0.15) is 31.2 Å².